The first-order chi connectivity index (χ1) is 10.6. The maximum atomic E-state index is 10.9. The molecule has 3 aliphatic rings. The number of hydrogen-bond donors (Lipinski definition) is 1. The fourth-order valence-corrected chi connectivity index (χ4v) is 4.47. The molecular weight excluding hydrogens is 276 g/mol. The van der Waals surface area contributed by atoms with Crippen molar-refractivity contribution in [3.05, 3.63) is 0 Å². The molecule has 1 N–H and O–H groups in total. The van der Waals surface area contributed by atoms with Crippen molar-refractivity contribution in [2.45, 2.75) is 51.0 Å². The fraction of sp³-hybridized carbons (Fsp3) is 1.00. The Morgan fingerprint density at radius 1 is 1.05 bits per heavy atom. The van der Waals surface area contributed by atoms with Crippen molar-refractivity contribution in [2.24, 2.45) is 11.8 Å². The molecule has 1 atom stereocenters. The van der Waals surface area contributed by atoms with Gasteiger partial charge < -0.3 is 14.7 Å². The SMILES string of the molecule is CC1CCC(O)(CN2CCCC(CN3CCOCC3)C2)CC1. The van der Waals surface area contributed by atoms with Crippen molar-refractivity contribution in [3.8, 4) is 0 Å². The van der Waals surface area contributed by atoms with Crippen LogP contribution < -0.4 is 0 Å². The number of nitrogens with zero attached hydrogens (tertiary/aromatic N) is 2. The van der Waals surface area contributed by atoms with Gasteiger partial charge in [0.15, 0.2) is 0 Å². The lowest BCUT2D eigenvalue weighted by molar-refractivity contribution is -0.0453. The molecule has 1 unspecified atom stereocenters. The molecule has 0 amide bonds. The monoisotopic (exact) mass is 310 g/mol. The molecule has 1 saturated carbocycles. The average molecular weight is 310 g/mol. The molecule has 3 fully saturated rings. The molecule has 0 radical (unpaired) electrons. The van der Waals surface area contributed by atoms with Crippen LogP contribution in [-0.4, -0.2) is 73.0 Å². The van der Waals surface area contributed by atoms with E-state index >= 15 is 0 Å². The normalized spacial score (nSPS) is 39.0. The lowest BCUT2D eigenvalue weighted by Crippen LogP contribution is -2.50. The number of ether oxygens (including phenoxy) is 1. The molecule has 0 aromatic rings. The first-order valence-electron chi connectivity index (χ1n) is 9.38. The molecule has 2 aliphatic heterocycles. The van der Waals surface area contributed by atoms with Gasteiger partial charge in [-0.3, -0.25) is 4.90 Å². The minimum Gasteiger partial charge on any atom is -0.389 e. The van der Waals surface area contributed by atoms with Crippen LogP contribution in [0.5, 0.6) is 0 Å². The molecular formula is C18H34N2O2. The minimum absolute atomic E-state index is 0.409. The molecule has 0 spiro atoms. The highest BCUT2D eigenvalue weighted by atomic mass is 16.5. The third-order valence-electron chi connectivity index (χ3n) is 5.95. The molecule has 3 rings (SSSR count). The maximum Gasteiger partial charge on any atom is 0.0774 e. The van der Waals surface area contributed by atoms with Crippen molar-refractivity contribution in [1.29, 1.82) is 0 Å². The Kier molecular flexibility index (Phi) is 5.77. The van der Waals surface area contributed by atoms with Gasteiger partial charge in [0.1, 0.15) is 0 Å². The van der Waals surface area contributed by atoms with Gasteiger partial charge in [0.05, 0.1) is 18.8 Å². The van der Waals surface area contributed by atoms with E-state index < -0.39 is 5.60 Å². The smallest absolute Gasteiger partial charge is 0.0774 e. The van der Waals surface area contributed by atoms with E-state index in [0.717, 1.165) is 57.5 Å². The summed E-state index contributed by atoms with van der Waals surface area (Å²) in [4.78, 5) is 5.11. The van der Waals surface area contributed by atoms with Gasteiger partial charge in [-0.05, 0) is 56.9 Å². The highest BCUT2D eigenvalue weighted by Gasteiger charge is 2.35. The van der Waals surface area contributed by atoms with Crippen LogP contribution in [0.25, 0.3) is 0 Å². The average Bonchev–Trinajstić information content (AvgIpc) is 2.52. The van der Waals surface area contributed by atoms with Crippen molar-refractivity contribution >= 4 is 0 Å². The molecule has 4 nitrogen and oxygen atoms in total. The van der Waals surface area contributed by atoms with Crippen LogP contribution in [0.1, 0.15) is 45.4 Å². The van der Waals surface area contributed by atoms with Crippen LogP contribution in [0.3, 0.4) is 0 Å². The van der Waals surface area contributed by atoms with E-state index in [0.29, 0.717) is 0 Å². The van der Waals surface area contributed by atoms with Crippen LogP contribution in [0, 0.1) is 11.8 Å². The Hall–Kier alpha value is -0.160. The predicted octanol–water partition coefficient (Wildman–Crippen LogP) is 1.97. The number of hydrogen-bond acceptors (Lipinski definition) is 4. The van der Waals surface area contributed by atoms with Crippen molar-refractivity contribution < 1.29 is 9.84 Å². The Balaban J connectivity index is 1.45. The number of morpholine rings is 1. The first kappa shape index (κ1) is 16.7. The minimum atomic E-state index is -0.409. The molecule has 1 aliphatic carbocycles. The van der Waals surface area contributed by atoms with E-state index in [9.17, 15) is 5.11 Å². The summed E-state index contributed by atoms with van der Waals surface area (Å²) in [5.41, 5.74) is -0.409. The van der Waals surface area contributed by atoms with E-state index in [1.807, 2.05) is 0 Å². The summed E-state index contributed by atoms with van der Waals surface area (Å²) >= 11 is 0. The molecule has 0 aromatic heterocycles. The van der Waals surface area contributed by atoms with Gasteiger partial charge in [-0.1, -0.05) is 6.92 Å². The van der Waals surface area contributed by atoms with Crippen LogP contribution in [-0.2, 0) is 4.74 Å². The van der Waals surface area contributed by atoms with Crippen molar-refractivity contribution in [1.82, 2.24) is 9.80 Å². The Morgan fingerprint density at radius 2 is 1.77 bits per heavy atom. The summed E-state index contributed by atoms with van der Waals surface area (Å²) in [6.45, 7) is 10.8. The highest BCUT2D eigenvalue weighted by molar-refractivity contribution is 4.89. The van der Waals surface area contributed by atoms with Gasteiger partial charge in [-0.2, -0.15) is 0 Å². The van der Waals surface area contributed by atoms with Gasteiger partial charge >= 0.3 is 0 Å². The third kappa shape index (κ3) is 4.67. The van der Waals surface area contributed by atoms with Crippen molar-refractivity contribution in [2.75, 3.05) is 52.5 Å². The lowest BCUT2D eigenvalue weighted by atomic mass is 9.79. The summed E-state index contributed by atoms with van der Waals surface area (Å²) in [6, 6.07) is 0. The maximum absolute atomic E-state index is 10.9. The van der Waals surface area contributed by atoms with E-state index in [1.165, 1.54) is 45.3 Å². The lowest BCUT2D eigenvalue weighted by Gasteiger charge is -2.42. The predicted molar refractivity (Wildman–Crippen MR) is 89.0 cm³/mol. The topological polar surface area (TPSA) is 35.9 Å². The van der Waals surface area contributed by atoms with Crippen LogP contribution >= 0.6 is 0 Å². The molecule has 128 valence electrons. The van der Waals surface area contributed by atoms with Gasteiger partial charge in [-0.25, -0.2) is 0 Å². The van der Waals surface area contributed by atoms with Crippen LogP contribution in [0.2, 0.25) is 0 Å². The Bertz CT molecular complexity index is 336. The van der Waals surface area contributed by atoms with Gasteiger partial charge in [-0.15, -0.1) is 0 Å². The van der Waals surface area contributed by atoms with E-state index in [4.69, 9.17) is 4.74 Å². The second-order valence-electron chi connectivity index (χ2n) is 8.06. The van der Waals surface area contributed by atoms with Gasteiger partial charge in [0, 0.05) is 32.7 Å². The molecule has 4 heteroatoms. The molecule has 0 aromatic carbocycles. The number of rotatable bonds is 4. The zero-order valence-corrected chi connectivity index (χ0v) is 14.3. The first-order valence-corrected chi connectivity index (χ1v) is 9.38. The second kappa shape index (κ2) is 7.61. The summed E-state index contributed by atoms with van der Waals surface area (Å²) < 4.78 is 5.45. The fourth-order valence-electron chi connectivity index (χ4n) is 4.47. The number of likely N-dealkylation sites (tertiary alicyclic amines) is 1. The number of β-amino-alcohol motifs (C(OH)–C–C–N with tert-alkyl or cyclic N) is 1. The van der Waals surface area contributed by atoms with Gasteiger partial charge in [0.25, 0.3) is 0 Å². The summed E-state index contributed by atoms with van der Waals surface area (Å²) in [6.07, 6.45) is 7.03. The van der Waals surface area contributed by atoms with Crippen molar-refractivity contribution in [3.63, 3.8) is 0 Å². The van der Waals surface area contributed by atoms with E-state index in [-0.39, 0.29) is 0 Å². The van der Waals surface area contributed by atoms with E-state index in [2.05, 4.69) is 16.7 Å². The summed E-state index contributed by atoms with van der Waals surface area (Å²) in [5, 5.41) is 10.9. The highest BCUT2D eigenvalue weighted by Crippen LogP contribution is 2.33. The molecule has 22 heavy (non-hydrogen) atoms. The standard InChI is InChI=1S/C18H34N2O2/c1-16-4-6-18(21,7-5-16)15-20-8-2-3-17(14-20)13-19-9-11-22-12-10-19/h16-17,21H,2-15H2,1H3. The molecule has 2 heterocycles. The molecule has 0 bridgehead atoms. The number of aliphatic hydroxyl groups is 1. The zero-order valence-electron chi connectivity index (χ0n) is 14.3. The molecule has 2 saturated heterocycles. The zero-order chi connectivity index (χ0) is 15.4. The largest absolute Gasteiger partial charge is 0.389 e. The van der Waals surface area contributed by atoms with E-state index in [1.54, 1.807) is 0 Å². The number of piperidine rings is 1. The quantitative estimate of drug-likeness (QED) is 0.861. The second-order valence-corrected chi connectivity index (χ2v) is 8.06. The summed E-state index contributed by atoms with van der Waals surface area (Å²) in [7, 11) is 0. The van der Waals surface area contributed by atoms with Crippen LogP contribution in [0.15, 0.2) is 0 Å². The summed E-state index contributed by atoms with van der Waals surface area (Å²) in [5.74, 6) is 1.58. The Morgan fingerprint density at radius 3 is 2.50 bits per heavy atom. The third-order valence-corrected chi connectivity index (χ3v) is 5.95. The Labute approximate surface area is 135 Å². The van der Waals surface area contributed by atoms with Crippen LogP contribution in [0.4, 0.5) is 0 Å². The van der Waals surface area contributed by atoms with Gasteiger partial charge in [0.2, 0.25) is 0 Å².